The summed E-state index contributed by atoms with van der Waals surface area (Å²) in [4.78, 5) is 20.0. The molecule has 0 aliphatic heterocycles. The maximum absolute atomic E-state index is 11.5. The van der Waals surface area contributed by atoms with Gasteiger partial charge in [-0.3, -0.25) is 4.79 Å². The Kier molecular flexibility index (Phi) is 3.90. The Morgan fingerprint density at radius 3 is 2.15 bits per heavy atom. The zero-order chi connectivity index (χ0) is 10.5. The number of hydrogen-bond acceptors (Lipinski definition) is 2. The summed E-state index contributed by atoms with van der Waals surface area (Å²) >= 11 is 0. The first-order valence-corrected chi connectivity index (χ1v) is 3.01. The average Bonchev–Trinajstić information content (AvgIpc) is 1.95. The van der Waals surface area contributed by atoms with Gasteiger partial charge in [-0.1, -0.05) is 6.08 Å². The molecule has 0 atom stereocenters. The predicted octanol–water partition coefficient (Wildman–Crippen LogP) is 1.31. The van der Waals surface area contributed by atoms with Gasteiger partial charge >= 0.3 is 12.1 Å². The first kappa shape index (κ1) is 11.4. The number of aldehydes is 1. The number of carboxylic acids is 1. The molecule has 72 valence electrons. The molecule has 0 radical (unpaired) electrons. The third kappa shape index (κ3) is 5.66. The van der Waals surface area contributed by atoms with Gasteiger partial charge in [0.15, 0.2) is 6.29 Å². The van der Waals surface area contributed by atoms with Gasteiger partial charge in [0.1, 0.15) is 0 Å². The lowest BCUT2D eigenvalue weighted by Gasteiger charge is -1.94. The average molecular weight is 194 g/mol. The molecule has 0 amide bonds. The molecule has 0 saturated heterocycles. The summed E-state index contributed by atoms with van der Waals surface area (Å²) in [6, 6.07) is 0. The lowest BCUT2D eigenvalue weighted by molar-refractivity contribution is -0.133. The topological polar surface area (TPSA) is 54.4 Å². The Morgan fingerprint density at radius 2 is 1.85 bits per heavy atom. The van der Waals surface area contributed by atoms with Crippen molar-refractivity contribution in [1.82, 2.24) is 0 Å². The first-order chi connectivity index (χ1) is 5.87. The quantitative estimate of drug-likeness (QED) is 0.242. The molecule has 0 heterocycles. The van der Waals surface area contributed by atoms with E-state index < -0.39 is 17.7 Å². The largest absolute Gasteiger partial charge is 0.478 e. The van der Waals surface area contributed by atoms with Crippen molar-refractivity contribution in [1.29, 1.82) is 0 Å². The predicted molar refractivity (Wildman–Crippen MR) is 37.0 cm³/mol. The minimum atomic E-state index is -4.51. The molecule has 0 aromatic heterocycles. The lowest BCUT2D eigenvalue weighted by Crippen LogP contribution is -2.02. The fraction of sp³-hybridized carbons (Fsp3) is 0.143. The van der Waals surface area contributed by atoms with Crippen LogP contribution in [0.4, 0.5) is 13.2 Å². The number of carbonyl (C=O) groups is 2. The van der Waals surface area contributed by atoms with Gasteiger partial charge < -0.3 is 5.11 Å². The SMILES string of the molecule is O=C/C(=C\C=CC(F)(F)F)C(=O)O. The van der Waals surface area contributed by atoms with Gasteiger partial charge in [-0.15, -0.1) is 0 Å². The molecular weight excluding hydrogens is 189 g/mol. The van der Waals surface area contributed by atoms with Gasteiger partial charge in [0.2, 0.25) is 0 Å². The van der Waals surface area contributed by atoms with Crippen LogP contribution < -0.4 is 0 Å². The lowest BCUT2D eigenvalue weighted by atomic mass is 10.2. The molecule has 0 saturated carbocycles. The highest BCUT2D eigenvalue weighted by Gasteiger charge is 2.21. The van der Waals surface area contributed by atoms with Crippen LogP contribution in [0.15, 0.2) is 23.8 Å². The number of allylic oxidation sites excluding steroid dienone is 3. The normalized spacial score (nSPS) is 13.3. The summed E-state index contributed by atoms with van der Waals surface area (Å²) in [5.74, 6) is -1.57. The number of carbonyl (C=O) groups excluding carboxylic acids is 1. The Balaban J connectivity index is 4.49. The highest BCUT2D eigenvalue weighted by molar-refractivity contribution is 6.06. The zero-order valence-electron chi connectivity index (χ0n) is 6.21. The molecule has 0 rings (SSSR count). The van der Waals surface area contributed by atoms with Crippen LogP contribution in [-0.2, 0) is 9.59 Å². The summed E-state index contributed by atoms with van der Waals surface area (Å²) in [7, 11) is 0. The smallest absolute Gasteiger partial charge is 0.409 e. The van der Waals surface area contributed by atoms with E-state index in [1.165, 1.54) is 0 Å². The highest BCUT2D eigenvalue weighted by atomic mass is 19.4. The first-order valence-electron chi connectivity index (χ1n) is 3.01. The van der Waals surface area contributed by atoms with Gasteiger partial charge in [-0.2, -0.15) is 13.2 Å². The molecule has 0 spiro atoms. The van der Waals surface area contributed by atoms with Crippen LogP contribution in [0.2, 0.25) is 0 Å². The van der Waals surface area contributed by atoms with Crippen molar-refractivity contribution in [2.24, 2.45) is 0 Å². The van der Waals surface area contributed by atoms with E-state index in [1.54, 1.807) is 0 Å². The van der Waals surface area contributed by atoms with Gasteiger partial charge in [0, 0.05) is 6.08 Å². The molecular formula is C7H5F3O3. The third-order valence-corrected chi connectivity index (χ3v) is 0.935. The van der Waals surface area contributed by atoms with Gasteiger partial charge in [0.25, 0.3) is 0 Å². The van der Waals surface area contributed by atoms with E-state index in [-0.39, 0.29) is 12.4 Å². The number of alkyl halides is 3. The van der Waals surface area contributed by atoms with Gasteiger partial charge in [-0.05, 0) is 6.08 Å². The monoisotopic (exact) mass is 194 g/mol. The molecule has 3 nitrogen and oxygen atoms in total. The molecule has 0 aromatic carbocycles. The zero-order valence-corrected chi connectivity index (χ0v) is 6.21. The van der Waals surface area contributed by atoms with Crippen LogP contribution in [0.1, 0.15) is 0 Å². The van der Waals surface area contributed by atoms with Crippen LogP contribution >= 0.6 is 0 Å². The van der Waals surface area contributed by atoms with E-state index in [1.807, 2.05) is 0 Å². The fourth-order valence-electron chi connectivity index (χ4n) is 0.422. The van der Waals surface area contributed by atoms with Crippen LogP contribution in [0.3, 0.4) is 0 Å². The minimum absolute atomic E-state index is 0.0386. The second kappa shape index (κ2) is 4.44. The molecule has 0 fully saturated rings. The molecule has 0 unspecified atom stereocenters. The van der Waals surface area contributed by atoms with Crippen molar-refractivity contribution < 1.29 is 27.9 Å². The Labute approximate surface area is 71.2 Å². The maximum atomic E-state index is 11.5. The number of aliphatic carboxylic acids is 1. The second-order valence-corrected chi connectivity index (χ2v) is 1.95. The Hall–Kier alpha value is -1.59. The van der Waals surface area contributed by atoms with E-state index >= 15 is 0 Å². The number of halogens is 3. The second-order valence-electron chi connectivity index (χ2n) is 1.95. The van der Waals surface area contributed by atoms with Gasteiger partial charge in [0.05, 0.1) is 5.57 Å². The Morgan fingerprint density at radius 1 is 1.31 bits per heavy atom. The van der Waals surface area contributed by atoms with Crippen molar-refractivity contribution in [2.45, 2.75) is 6.18 Å². The summed E-state index contributed by atoms with van der Waals surface area (Å²) in [6.07, 6.45) is -3.69. The molecule has 6 heteroatoms. The van der Waals surface area contributed by atoms with E-state index in [4.69, 9.17) is 5.11 Å². The summed E-state index contributed by atoms with van der Waals surface area (Å²) in [6.45, 7) is 0. The molecule has 1 N–H and O–H groups in total. The fourth-order valence-corrected chi connectivity index (χ4v) is 0.422. The van der Waals surface area contributed by atoms with Crippen molar-refractivity contribution in [3.8, 4) is 0 Å². The standard InChI is InChI=1S/C7H5F3O3/c8-7(9,10)3-1-2-5(4-11)6(12)13/h1-4H,(H,12,13)/b3-1?,5-2+. The van der Waals surface area contributed by atoms with Gasteiger partial charge in [-0.25, -0.2) is 4.79 Å². The van der Waals surface area contributed by atoms with Crippen molar-refractivity contribution in [2.75, 3.05) is 0 Å². The molecule has 0 aliphatic rings. The molecule has 0 aliphatic carbocycles. The summed E-state index contributed by atoms with van der Waals surface area (Å²) in [5.41, 5.74) is -0.736. The summed E-state index contributed by atoms with van der Waals surface area (Å²) < 4.78 is 34.4. The van der Waals surface area contributed by atoms with E-state index in [0.717, 1.165) is 0 Å². The maximum Gasteiger partial charge on any atom is 0.409 e. The molecule has 13 heavy (non-hydrogen) atoms. The van der Waals surface area contributed by atoms with E-state index in [9.17, 15) is 22.8 Å². The molecule has 0 aromatic rings. The van der Waals surface area contributed by atoms with Crippen LogP contribution in [0.25, 0.3) is 0 Å². The molecule has 0 bridgehead atoms. The van der Waals surface area contributed by atoms with Crippen LogP contribution in [0, 0.1) is 0 Å². The number of hydrogen-bond donors (Lipinski definition) is 1. The highest BCUT2D eigenvalue weighted by Crippen LogP contribution is 2.15. The van der Waals surface area contributed by atoms with E-state index in [2.05, 4.69) is 0 Å². The number of carboxylic acid groups (broad SMARTS) is 1. The minimum Gasteiger partial charge on any atom is -0.478 e. The van der Waals surface area contributed by atoms with Crippen molar-refractivity contribution in [3.05, 3.63) is 23.8 Å². The van der Waals surface area contributed by atoms with E-state index in [0.29, 0.717) is 12.2 Å². The van der Waals surface area contributed by atoms with Crippen molar-refractivity contribution in [3.63, 3.8) is 0 Å². The summed E-state index contributed by atoms with van der Waals surface area (Å²) in [5, 5.41) is 8.19. The van der Waals surface area contributed by atoms with Crippen LogP contribution in [0.5, 0.6) is 0 Å². The third-order valence-electron chi connectivity index (χ3n) is 0.935. The van der Waals surface area contributed by atoms with Crippen molar-refractivity contribution >= 4 is 12.3 Å². The Bertz CT molecular complexity index is 263. The van der Waals surface area contributed by atoms with Crippen LogP contribution in [-0.4, -0.2) is 23.5 Å². The number of rotatable bonds is 3.